The Morgan fingerprint density at radius 1 is 1.10 bits per heavy atom. The molecule has 29 heavy (non-hydrogen) atoms. The maximum Gasteiger partial charge on any atom is 0.410 e. The fourth-order valence-corrected chi connectivity index (χ4v) is 3.92. The van der Waals surface area contributed by atoms with E-state index in [1.807, 2.05) is 6.92 Å². The number of carbonyl (C=O) groups excluding carboxylic acids is 2. The van der Waals surface area contributed by atoms with Gasteiger partial charge in [-0.2, -0.15) is 0 Å². The lowest BCUT2D eigenvalue weighted by atomic mass is 9.82. The molecular formula is C21H21F2N3O3. The predicted molar refractivity (Wildman–Crippen MR) is 101 cm³/mol. The zero-order valence-electron chi connectivity index (χ0n) is 16.0. The molecule has 1 saturated heterocycles. The van der Waals surface area contributed by atoms with Gasteiger partial charge in [0.1, 0.15) is 5.60 Å². The lowest BCUT2D eigenvalue weighted by Crippen LogP contribution is -2.42. The van der Waals surface area contributed by atoms with Gasteiger partial charge in [-0.25, -0.2) is 13.6 Å². The second-order valence-electron chi connectivity index (χ2n) is 7.75. The minimum absolute atomic E-state index is 0.114. The first-order valence-corrected chi connectivity index (χ1v) is 9.54. The van der Waals surface area contributed by atoms with Gasteiger partial charge in [0.05, 0.1) is 24.5 Å². The lowest BCUT2D eigenvalue weighted by Gasteiger charge is -2.34. The summed E-state index contributed by atoms with van der Waals surface area (Å²) < 4.78 is 32.3. The first-order valence-electron chi connectivity index (χ1n) is 9.54. The Kier molecular flexibility index (Phi) is 4.80. The summed E-state index contributed by atoms with van der Waals surface area (Å²) in [7, 11) is 0. The molecule has 1 amide bonds. The second-order valence-corrected chi connectivity index (χ2v) is 7.75. The molecule has 2 aliphatic rings. The topological polar surface area (TPSA) is 72.4 Å². The number of Topliss-reactive ketones (excluding diaryl/α,β-unsaturated/α-hetero) is 1. The van der Waals surface area contributed by atoms with Crippen LogP contribution in [0.4, 0.5) is 13.6 Å². The standard InChI is InChI=1S/C21H21F2N3O3/c1-14-18(25-11-10-24-14)16-4-2-15(3-5-16)17(27)12-26-13-20(29-19(26)28)6-8-21(22,23)9-7-20/h2-5,10-11H,6-9,12-13H2,1H3. The average molecular weight is 401 g/mol. The summed E-state index contributed by atoms with van der Waals surface area (Å²) >= 11 is 0. The number of ether oxygens (including phenoxy) is 1. The Bertz CT molecular complexity index is 936. The molecule has 1 aromatic carbocycles. The van der Waals surface area contributed by atoms with E-state index in [0.29, 0.717) is 5.56 Å². The van der Waals surface area contributed by atoms with E-state index in [2.05, 4.69) is 9.97 Å². The number of benzene rings is 1. The van der Waals surface area contributed by atoms with Crippen LogP contribution in [0.25, 0.3) is 11.3 Å². The number of amides is 1. The van der Waals surface area contributed by atoms with Crippen LogP contribution in [0.5, 0.6) is 0 Å². The fourth-order valence-electron chi connectivity index (χ4n) is 3.92. The van der Waals surface area contributed by atoms with Gasteiger partial charge in [-0.1, -0.05) is 24.3 Å². The van der Waals surface area contributed by atoms with Crippen molar-refractivity contribution in [1.29, 1.82) is 0 Å². The first kappa shape index (κ1) is 19.4. The molecule has 8 heteroatoms. The highest BCUT2D eigenvalue weighted by Crippen LogP contribution is 2.43. The molecule has 1 aromatic heterocycles. The number of aryl methyl sites for hydroxylation is 1. The molecule has 0 unspecified atom stereocenters. The number of halogens is 2. The van der Waals surface area contributed by atoms with Gasteiger partial charge in [-0.15, -0.1) is 0 Å². The molecule has 1 aliphatic carbocycles. The molecule has 2 heterocycles. The number of carbonyl (C=O) groups is 2. The Morgan fingerprint density at radius 3 is 2.41 bits per heavy atom. The summed E-state index contributed by atoms with van der Waals surface area (Å²) in [4.78, 5) is 34.7. The van der Waals surface area contributed by atoms with E-state index >= 15 is 0 Å². The van der Waals surface area contributed by atoms with Crippen molar-refractivity contribution in [2.75, 3.05) is 13.1 Å². The van der Waals surface area contributed by atoms with Gasteiger partial charge in [0.25, 0.3) is 0 Å². The number of rotatable bonds is 4. The van der Waals surface area contributed by atoms with Crippen LogP contribution in [0.3, 0.4) is 0 Å². The quantitative estimate of drug-likeness (QED) is 0.723. The zero-order chi connectivity index (χ0) is 20.6. The van der Waals surface area contributed by atoms with Gasteiger partial charge in [-0.05, 0) is 19.8 Å². The summed E-state index contributed by atoms with van der Waals surface area (Å²) in [5.41, 5.74) is 1.93. The largest absolute Gasteiger partial charge is 0.441 e. The zero-order valence-corrected chi connectivity index (χ0v) is 16.0. The van der Waals surface area contributed by atoms with Crippen molar-refractivity contribution in [1.82, 2.24) is 14.9 Å². The molecule has 152 valence electrons. The Hall–Kier alpha value is -2.90. The normalized spacial score (nSPS) is 20.0. The molecule has 1 spiro atoms. The highest BCUT2D eigenvalue weighted by molar-refractivity contribution is 5.99. The minimum Gasteiger partial charge on any atom is -0.441 e. The highest BCUT2D eigenvalue weighted by atomic mass is 19.3. The summed E-state index contributed by atoms with van der Waals surface area (Å²) in [5, 5.41) is 0. The molecule has 0 bridgehead atoms. The molecular weight excluding hydrogens is 380 g/mol. The average Bonchev–Trinajstić information content (AvgIpc) is 3.00. The fraction of sp³-hybridized carbons (Fsp3) is 0.429. The van der Waals surface area contributed by atoms with Crippen LogP contribution in [0.1, 0.15) is 41.7 Å². The van der Waals surface area contributed by atoms with Crippen LogP contribution in [-0.4, -0.2) is 51.4 Å². The second kappa shape index (κ2) is 7.17. The number of alkyl halides is 2. The molecule has 1 saturated carbocycles. The van der Waals surface area contributed by atoms with Crippen molar-refractivity contribution in [3.05, 3.63) is 47.9 Å². The maximum absolute atomic E-state index is 13.4. The number of ketones is 1. The van der Waals surface area contributed by atoms with E-state index in [1.54, 1.807) is 36.7 Å². The van der Waals surface area contributed by atoms with Gasteiger partial charge in [-0.3, -0.25) is 19.7 Å². The first-order chi connectivity index (χ1) is 13.8. The number of aromatic nitrogens is 2. The smallest absolute Gasteiger partial charge is 0.410 e. The third-order valence-electron chi connectivity index (χ3n) is 5.63. The van der Waals surface area contributed by atoms with Crippen LogP contribution in [0.15, 0.2) is 36.7 Å². The van der Waals surface area contributed by atoms with Gasteiger partial charge in [0, 0.05) is 36.4 Å². The van der Waals surface area contributed by atoms with Crippen LogP contribution in [0, 0.1) is 6.92 Å². The summed E-state index contributed by atoms with van der Waals surface area (Å²) in [5.74, 6) is -2.94. The Morgan fingerprint density at radius 2 is 1.76 bits per heavy atom. The van der Waals surface area contributed by atoms with Crippen molar-refractivity contribution in [2.24, 2.45) is 0 Å². The van der Waals surface area contributed by atoms with Gasteiger partial charge < -0.3 is 4.74 Å². The highest BCUT2D eigenvalue weighted by Gasteiger charge is 2.51. The monoisotopic (exact) mass is 401 g/mol. The molecule has 4 rings (SSSR count). The van der Waals surface area contributed by atoms with E-state index in [1.165, 1.54) is 4.90 Å². The van der Waals surface area contributed by atoms with Crippen LogP contribution >= 0.6 is 0 Å². The Labute approximate surface area is 166 Å². The predicted octanol–water partition coefficient (Wildman–Crippen LogP) is 4.04. The molecule has 0 atom stereocenters. The third-order valence-corrected chi connectivity index (χ3v) is 5.63. The van der Waals surface area contributed by atoms with Gasteiger partial charge in [0.2, 0.25) is 5.92 Å². The van der Waals surface area contributed by atoms with Gasteiger partial charge >= 0.3 is 6.09 Å². The third kappa shape index (κ3) is 3.97. The summed E-state index contributed by atoms with van der Waals surface area (Å²) in [6.45, 7) is 1.89. The van der Waals surface area contributed by atoms with Crippen LogP contribution in [-0.2, 0) is 4.74 Å². The number of hydrogen-bond donors (Lipinski definition) is 0. The van der Waals surface area contributed by atoms with Crippen LogP contribution in [0.2, 0.25) is 0 Å². The van der Waals surface area contributed by atoms with E-state index in [9.17, 15) is 18.4 Å². The molecule has 6 nitrogen and oxygen atoms in total. The van der Waals surface area contributed by atoms with E-state index in [0.717, 1.165) is 17.0 Å². The minimum atomic E-state index is -2.70. The van der Waals surface area contributed by atoms with Crippen molar-refractivity contribution in [3.63, 3.8) is 0 Å². The van der Waals surface area contributed by atoms with Crippen molar-refractivity contribution < 1.29 is 23.1 Å². The molecule has 0 radical (unpaired) electrons. The maximum atomic E-state index is 13.4. The van der Waals surface area contributed by atoms with Gasteiger partial charge in [0.15, 0.2) is 5.78 Å². The SMILES string of the molecule is Cc1nccnc1-c1ccc(C(=O)CN2CC3(CCC(F)(F)CC3)OC2=O)cc1. The Balaban J connectivity index is 1.42. The van der Waals surface area contributed by atoms with E-state index in [-0.39, 0.29) is 44.6 Å². The van der Waals surface area contributed by atoms with Crippen molar-refractivity contribution in [3.8, 4) is 11.3 Å². The number of nitrogens with zero attached hydrogens (tertiary/aromatic N) is 3. The lowest BCUT2D eigenvalue weighted by molar-refractivity contribution is -0.0910. The molecule has 1 aliphatic heterocycles. The summed E-state index contributed by atoms with van der Waals surface area (Å²) in [6.07, 6.45) is 2.24. The van der Waals surface area contributed by atoms with Crippen molar-refractivity contribution in [2.45, 2.75) is 44.1 Å². The number of hydrogen-bond acceptors (Lipinski definition) is 5. The summed E-state index contributed by atoms with van der Waals surface area (Å²) in [6, 6.07) is 6.95. The molecule has 2 fully saturated rings. The van der Waals surface area contributed by atoms with Crippen LogP contribution < -0.4 is 0 Å². The van der Waals surface area contributed by atoms with E-state index < -0.39 is 17.6 Å². The van der Waals surface area contributed by atoms with Crippen molar-refractivity contribution >= 4 is 11.9 Å². The molecule has 0 N–H and O–H groups in total. The van der Waals surface area contributed by atoms with E-state index in [4.69, 9.17) is 4.74 Å². The molecule has 2 aromatic rings.